The van der Waals surface area contributed by atoms with Crippen LogP contribution in [0.15, 0.2) is 24.3 Å². The summed E-state index contributed by atoms with van der Waals surface area (Å²) in [7, 11) is -4.67. The Labute approximate surface area is 310 Å². The van der Waals surface area contributed by atoms with Crippen molar-refractivity contribution in [2.24, 2.45) is 17.8 Å². The lowest BCUT2D eigenvalue weighted by Gasteiger charge is -2.20. The Balaban J connectivity index is 2.54. The highest BCUT2D eigenvalue weighted by atomic mass is 31.2. The van der Waals surface area contributed by atoms with Crippen molar-refractivity contribution in [3.63, 3.8) is 0 Å². The lowest BCUT2D eigenvalue weighted by molar-refractivity contribution is -0.161. The first-order valence-corrected chi connectivity index (χ1v) is 20.7. The summed E-state index contributed by atoms with van der Waals surface area (Å²) in [6.07, 6.45) is 15.6. The fraction of sp³-hybridized carbons (Fsp3) is 0.816. The van der Waals surface area contributed by atoms with Crippen LogP contribution in [0.3, 0.4) is 0 Å². The summed E-state index contributed by atoms with van der Waals surface area (Å²) in [4.78, 5) is 47.4. The van der Waals surface area contributed by atoms with Gasteiger partial charge in [-0.3, -0.25) is 23.4 Å². The van der Waals surface area contributed by atoms with Gasteiger partial charge in [0.15, 0.2) is 6.10 Å². The summed E-state index contributed by atoms with van der Waals surface area (Å²) in [5.41, 5.74) is 0. The molecule has 1 fully saturated rings. The highest BCUT2D eigenvalue weighted by molar-refractivity contribution is 7.47. The summed E-state index contributed by atoms with van der Waals surface area (Å²) in [5, 5.41) is 38.9. The number of ketones is 1. The fourth-order valence-corrected chi connectivity index (χ4v) is 6.59. The first-order valence-electron chi connectivity index (χ1n) is 19.3. The van der Waals surface area contributed by atoms with Gasteiger partial charge in [0, 0.05) is 31.1 Å². The van der Waals surface area contributed by atoms with Crippen molar-refractivity contribution >= 4 is 25.5 Å². The van der Waals surface area contributed by atoms with Crippen LogP contribution in [0.2, 0.25) is 0 Å². The number of aliphatic hydroxyl groups is 4. The molecule has 0 aliphatic heterocycles. The van der Waals surface area contributed by atoms with Crippen LogP contribution in [-0.2, 0) is 37.5 Å². The second kappa shape index (κ2) is 28.5. The van der Waals surface area contributed by atoms with E-state index in [1.54, 1.807) is 12.2 Å². The third kappa shape index (κ3) is 23.7. The number of rotatable bonds is 31. The summed E-state index contributed by atoms with van der Waals surface area (Å²) in [6, 6.07) is 0. The van der Waals surface area contributed by atoms with Crippen LogP contribution >= 0.6 is 7.82 Å². The maximum absolute atomic E-state index is 12.5. The van der Waals surface area contributed by atoms with E-state index in [4.69, 9.17) is 19.1 Å². The molecule has 52 heavy (non-hydrogen) atoms. The van der Waals surface area contributed by atoms with E-state index in [9.17, 15) is 39.2 Å². The monoisotopic (exact) mass is 762 g/mol. The van der Waals surface area contributed by atoms with Gasteiger partial charge in [-0.15, -0.1) is 0 Å². The quantitative estimate of drug-likeness (QED) is 0.0242. The number of unbranched alkanes of at least 4 members (excludes halogenated alkanes) is 8. The van der Waals surface area contributed by atoms with Gasteiger partial charge < -0.3 is 34.8 Å². The van der Waals surface area contributed by atoms with Crippen LogP contribution in [0.5, 0.6) is 0 Å². The molecule has 7 atom stereocenters. The largest absolute Gasteiger partial charge is 0.472 e. The molecule has 1 aliphatic carbocycles. The lowest BCUT2D eigenvalue weighted by Crippen LogP contribution is -2.29. The number of ether oxygens (including phenoxy) is 2. The number of phosphoric acid groups is 1. The molecule has 1 saturated carbocycles. The van der Waals surface area contributed by atoms with Gasteiger partial charge in [0.05, 0.1) is 32.0 Å². The van der Waals surface area contributed by atoms with Gasteiger partial charge in [-0.1, -0.05) is 103 Å². The molecular formula is C38H67O13P. The van der Waals surface area contributed by atoms with Crippen molar-refractivity contribution in [2.45, 2.75) is 154 Å². The van der Waals surface area contributed by atoms with Crippen molar-refractivity contribution in [3.8, 4) is 0 Å². The number of carbonyl (C=O) groups is 3. The highest BCUT2D eigenvalue weighted by Crippen LogP contribution is 2.43. The van der Waals surface area contributed by atoms with E-state index in [-0.39, 0.29) is 31.0 Å². The lowest BCUT2D eigenvalue weighted by atomic mass is 9.90. The van der Waals surface area contributed by atoms with Crippen molar-refractivity contribution < 1.29 is 62.8 Å². The smallest absolute Gasteiger partial charge is 0.462 e. The van der Waals surface area contributed by atoms with E-state index in [0.29, 0.717) is 38.0 Å². The number of aliphatic hydroxyl groups excluding tert-OH is 4. The topological polar surface area (TPSA) is 206 Å². The number of hydrogen-bond acceptors (Lipinski definition) is 12. The molecule has 0 spiro atoms. The molecule has 0 aromatic rings. The van der Waals surface area contributed by atoms with Crippen molar-refractivity contribution in [3.05, 3.63) is 24.3 Å². The second-order valence-electron chi connectivity index (χ2n) is 14.2. The van der Waals surface area contributed by atoms with Gasteiger partial charge in [0.2, 0.25) is 0 Å². The molecule has 5 N–H and O–H groups in total. The molecular weight excluding hydrogens is 695 g/mol. The molecule has 0 aromatic heterocycles. The standard InChI is InChI=1S/C38H67O13P/c1-4-5-12-18-30(40)22-23-34-33(35(42)24-36(34)43)19-14-10-11-15-20-37(44)48-27-32(28-50-52(46,47)49-26-31(41)25-39)51-38(45)21-16-9-7-6-8-13-17-29(2)3/h10,14,22-23,29-35,39-42H,4-9,11-13,15-21,24-28H2,1-3H3,(H,46,47)/b14-10-,23-22+/t30-,31-,32+,33+,34+,35-/m0/s1. The third-order valence-electron chi connectivity index (χ3n) is 8.91. The molecule has 14 heteroatoms. The summed E-state index contributed by atoms with van der Waals surface area (Å²) < 4.78 is 32.5. The van der Waals surface area contributed by atoms with Crippen LogP contribution in [0.4, 0.5) is 0 Å². The molecule has 0 amide bonds. The number of hydrogen-bond donors (Lipinski definition) is 5. The number of phosphoric ester groups is 1. The van der Waals surface area contributed by atoms with Gasteiger partial charge in [-0.05, 0) is 38.0 Å². The van der Waals surface area contributed by atoms with Crippen LogP contribution in [0.25, 0.3) is 0 Å². The molecule has 302 valence electrons. The van der Waals surface area contributed by atoms with Crippen LogP contribution < -0.4 is 0 Å². The molecule has 0 bridgehead atoms. The van der Waals surface area contributed by atoms with E-state index in [2.05, 4.69) is 25.3 Å². The summed E-state index contributed by atoms with van der Waals surface area (Å²) in [5.74, 6) is -1.22. The zero-order valence-electron chi connectivity index (χ0n) is 31.6. The summed E-state index contributed by atoms with van der Waals surface area (Å²) >= 11 is 0. The van der Waals surface area contributed by atoms with E-state index in [0.717, 1.165) is 44.9 Å². The molecule has 0 saturated heterocycles. The van der Waals surface area contributed by atoms with Gasteiger partial charge in [-0.2, -0.15) is 0 Å². The number of allylic oxidation sites excluding steroid dienone is 3. The van der Waals surface area contributed by atoms with Gasteiger partial charge in [-0.25, -0.2) is 4.57 Å². The number of carbonyl (C=O) groups excluding carboxylic acids is 3. The zero-order valence-corrected chi connectivity index (χ0v) is 32.5. The van der Waals surface area contributed by atoms with E-state index < -0.39 is 76.5 Å². The molecule has 0 heterocycles. The average Bonchev–Trinajstić information content (AvgIpc) is 3.37. The van der Waals surface area contributed by atoms with Gasteiger partial charge >= 0.3 is 19.8 Å². The number of esters is 2. The Morgan fingerprint density at radius 3 is 2.23 bits per heavy atom. The van der Waals surface area contributed by atoms with Crippen LogP contribution in [0.1, 0.15) is 130 Å². The maximum atomic E-state index is 12.5. The second-order valence-corrected chi connectivity index (χ2v) is 15.7. The third-order valence-corrected chi connectivity index (χ3v) is 9.86. The first kappa shape index (κ1) is 48.1. The normalized spacial score (nSPS) is 20.8. The van der Waals surface area contributed by atoms with Crippen LogP contribution in [-0.4, -0.2) is 93.9 Å². The predicted octanol–water partition coefficient (Wildman–Crippen LogP) is 5.89. The SMILES string of the molecule is CCCCC[C@H](O)/C=C/[C@H]1C(=O)C[C@H](O)[C@@H]1C/C=C\CCCC(=O)OC[C@H](COP(=O)(O)OC[C@@H](O)CO)OC(=O)CCCCCCCCC(C)C. The average molecular weight is 763 g/mol. The molecule has 0 radical (unpaired) electrons. The first-order chi connectivity index (χ1) is 24.8. The van der Waals surface area contributed by atoms with Gasteiger partial charge in [0.25, 0.3) is 0 Å². The Kier molecular flexibility index (Phi) is 26.3. The Morgan fingerprint density at radius 1 is 0.885 bits per heavy atom. The van der Waals surface area contributed by atoms with E-state index >= 15 is 0 Å². The predicted molar refractivity (Wildman–Crippen MR) is 197 cm³/mol. The molecule has 1 aliphatic rings. The fourth-order valence-electron chi connectivity index (χ4n) is 5.80. The Hall–Kier alpha value is -1.96. The zero-order chi connectivity index (χ0) is 38.8. The molecule has 13 nitrogen and oxygen atoms in total. The molecule has 1 unspecified atom stereocenters. The maximum Gasteiger partial charge on any atom is 0.472 e. The van der Waals surface area contributed by atoms with Gasteiger partial charge in [0.1, 0.15) is 18.5 Å². The molecule has 1 rings (SSSR count). The van der Waals surface area contributed by atoms with Crippen molar-refractivity contribution in [1.29, 1.82) is 0 Å². The van der Waals surface area contributed by atoms with E-state index in [1.807, 2.05) is 12.2 Å². The highest BCUT2D eigenvalue weighted by Gasteiger charge is 2.39. The summed E-state index contributed by atoms with van der Waals surface area (Å²) in [6.45, 7) is 4.14. The molecule has 0 aromatic carbocycles. The van der Waals surface area contributed by atoms with Crippen molar-refractivity contribution in [2.75, 3.05) is 26.4 Å². The van der Waals surface area contributed by atoms with E-state index in [1.165, 1.54) is 12.8 Å². The minimum Gasteiger partial charge on any atom is -0.462 e. The number of Topliss-reactive ketones (excluding diaryl/α,β-unsaturated/α-hetero) is 1. The van der Waals surface area contributed by atoms with Crippen molar-refractivity contribution in [1.82, 2.24) is 0 Å². The Morgan fingerprint density at radius 2 is 1.54 bits per heavy atom. The minimum atomic E-state index is -4.67. The van der Waals surface area contributed by atoms with Crippen LogP contribution in [0, 0.1) is 17.8 Å². The Bertz CT molecular complexity index is 1090. The minimum absolute atomic E-state index is 0.0437.